The Morgan fingerprint density at radius 2 is 1.74 bits per heavy atom. The van der Waals surface area contributed by atoms with E-state index in [9.17, 15) is 13.9 Å². The molecule has 1 aliphatic heterocycles. The normalized spacial score (nSPS) is 20.0. The number of hydrogen-bond acceptors (Lipinski definition) is 4. The minimum Gasteiger partial charge on any atom is -0.494 e. The van der Waals surface area contributed by atoms with Crippen molar-refractivity contribution in [2.45, 2.75) is 38.9 Å². The third kappa shape index (κ3) is 3.27. The first kappa shape index (κ1) is 17.9. The van der Waals surface area contributed by atoms with Crippen LogP contribution in [-0.4, -0.2) is 37.1 Å². The lowest BCUT2D eigenvalue weighted by atomic mass is 9.77. The molecular formula is C16H21BF2O4. The van der Waals surface area contributed by atoms with Crippen molar-refractivity contribution in [3.63, 3.8) is 0 Å². The first-order valence-electron chi connectivity index (χ1n) is 7.32. The van der Waals surface area contributed by atoms with Crippen molar-refractivity contribution in [2.75, 3.05) is 13.7 Å². The highest BCUT2D eigenvalue weighted by atomic mass is 19.2. The van der Waals surface area contributed by atoms with Crippen molar-refractivity contribution in [3.05, 3.63) is 34.8 Å². The molecule has 0 spiro atoms. The summed E-state index contributed by atoms with van der Waals surface area (Å²) in [4.78, 5) is 0. The SMILES string of the molecule is COc1ccc(C=C(CO)B2OC(C)(C)C(C)(C)O2)c(F)c1F. The Labute approximate surface area is 135 Å². The third-order valence-corrected chi connectivity index (χ3v) is 4.38. The number of aliphatic hydroxyl groups is 1. The summed E-state index contributed by atoms with van der Waals surface area (Å²) in [6.07, 6.45) is 1.33. The van der Waals surface area contributed by atoms with E-state index in [1.165, 1.54) is 25.3 Å². The average molecular weight is 326 g/mol. The fourth-order valence-electron chi connectivity index (χ4n) is 2.20. The molecule has 0 unspecified atom stereocenters. The topological polar surface area (TPSA) is 47.9 Å². The molecule has 0 aromatic heterocycles. The van der Waals surface area contributed by atoms with Crippen LogP contribution in [0.3, 0.4) is 0 Å². The van der Waals surface area contributed by atoms with Crippen LogP contribution in [0.15, 0.2) is 17.6 Å². The minimum atomic E-state index is -1.08. The Morgan fingerprint density at radius 1 is 1.17 bits per heavy atom. The van der Waals surface area contributed by atoms with Crippen molar-refractivity contribution < 1.29 is 27.9 Å². The molecule has 0 aliphatic carbocycles. The smallest absolute Gasteiger partial charge is 0.492 e. The van der Waals surface area contributed by atoms with Crippen molar-refractivity contribution in [2.24, 2.45) is 0 Å². The van der Waals surface area contributed by atoms with Crippen LogP contribution in [0, 0.1) is 11.6 Å². The molecule has 0 radical (unpaired) electrons. The second-order valence-electron chi connectivity index (χ2n) is 6.45. The summed E-state index contributed by atoms with van der Waals surface area (Å²) >= 11 is 0. The molecule has 1 aromatic carbocycles. The largest absolute Gasteiger partial charge is 0.494 e. The highest BCUT2D eigenvalue weighted by Gasteiger charge is 2.52. The van der Waals surface area contributed by atoms with Gasteiger partial charge in [0, 0.05) is 5.56 Å². The Kier molecular flexibility index (Phi) is 4.85. The predicted octanol–water partition coefficient (Wildman–Crippen LogP) is 2.98. The highest BCUT2D eigenvalue weighted by molar-refractivity contribution is 6.55. The number of methoxy groups -OCH3 is 1. The molecule has 1 fully saturated rings. The van der Waals surface area contributed by atoms with Gasteiger partial charge in [-0.3, -0.25) is 0 Å². The van der Waals surface area contributed by atoms with Gasteiger partial charge in [0.15, 0.2) is 11.6 Å². The molecule has 1 aliphatic rings. The Bertz CT molecular complexity index is 613. The maximum Gasteiger partial charge on any atom is 0.492 e. The van der Waals surface area contributed by atoms with Gasteiger partial charge in [0.05, 0.1) is 24.9 Å². The minimum absolute atomic E-state index is 0.0120. The van der Waals surface area contributed by atoms with Gasteiger partial charge < -0.3 is 19.2 Å². The zero-order chi connectivity index (χ0) is 17.4. The fourth-order valence-corrected chi connectivity index (χ4v) is 2.20. The van der Waals surface area contributed by atoms with Gasteiger partial charge in [-0.25, -0.2) is 4.39 Å². The van der Waals surface area contributed by atoms with E-state index < -0.39 is 36.6 Å². The molecule has 126 valence electrons. The second kappa shape index (κ2) is 6.22. The summed E-state index contributed by atoms with van der Waals surface area (Å²) < 4.78 is 44.2. The van der Waals surface area contributed by atoms with Gasteiger partial charge in [0.2, 0.25) is 5.82 Å². The van der Waals surface area contributed by atoms with Gasteiger partial charge in [0.25, 0.3) is 0 Å². The Hall–Kier alpha value is -1.44. The number of aliphatic hydroxyl groups excluding tert-OH is 1. The molecule has 0 saturated carbocycles. The van der Waals surface area contributed by atoms with Gasteiger partial charge in [-0.1, -0.05) is 6.08 Å². The van der Waals surface area contributed by atoms with E-state index in [1.54, 1.807) is 0 Å². The van der Waals surface area contributed by atoms with Gasteiger partial charge >= 0.3 is 7.12 Å². The van der Waals surface area contributed by atoms with Crippen LogP contribution >= 0.6 is 0 Å². The molecule has 1 N–H and O–H groups in total. The highest BCUT2D eigenvalue weighted by Crippen LogP contribution is 2.39. The third-order valence-electron chi connectivity index (χ3n) is 4.38. The van der Waals surface area contributed by atoms with Gasteiger partial charge in [-0.15, -0.1) is 0 Å². The summed E-state index contributed by atoms with van der Waals surface area (Å²) in [5.41, 5.74) is -0.875. The number of halogens is 2. The van der Waals surface area contributed by atoms with E-state index in [4.69, 9.17) is 14.0 Å². The van der Waals surface area contributed by atoms with E-state index in [1.807, 2.05) is 27.7 Å². The van der Waals surface area contributed by atoms with Crippen LogP contribution < -0.4 is 4.74 Å². The number of rotatable bonds is 4. The Balaban J connectivity index is 2.36. The maximum atomic E-state index is 14.1. The molecule has 1 saturated heterocycles. The summed E-state index contributed by atoms with van der Waals surface area (Å²) in [7, 11) is 0.436. The van der Waals surface area contributed by atoms with E-state index in [0.717, 1.165) is 0 Å². The molecule has 0 amide bonds. The molecule has 4 nitrogen and oxygen atoms in total. The standard InChI is InChI=1S/C16H21BF2O4/c1-15(2)16(3,4)23-17(22-15)11(9-20)8-10-6-7-12(21-5)14(19)13(10)18/h6-8,20H,9H2,1-5H3. The van der Waals surface area contributed by atoms with Gasteiger partial charge in [0.1, 0.15) is 0 Å². The van der Waals surface area contributed by atoms with Crippen LogP contribution in [0.25, 0.3) is 6.08 Å². The molecule has 23 heavy (non-hydrogen) atoms. The monoisotopic (exact) mass is 326 g/mol. The average Bonchev–Trinajstić information content (AvgIpc) is 2.69. The second-order valence-corrected chi connectivity index (χ2v) is 6.45. The Morgan fingerprint density at radius 3 is 2.22 bits per heavy atom. The molecule has 0 atom stereocenters. The molecule has 0 bridgehead atoms. The fraction of sp³-hybridized carbons (Fsp3) is 0.500. The summed E-state index contributed by atoms with van der Waals surface area (Å²) in [6.45, 7) is 7.08. The lowest BCUT2D eigenvalue weighted by Gasteiger charge is -2.32. The number of benzene rings is 1. The number of hydrogen-bond donors (Lipinski definition) is 1. The predicted molar refractivity (Wildman–Crippen MR) is 84.1 cm³/mol. The van der Waals surface area contributed by atoms with Crippen LogP contribution in [0.5, 0.6) is 5.75 Å². The maximum absolute atomic E-state index is 14.1. The van der Waals surface area contributed by atoms with Crippen molar-refractivity contribution in [3.8, 4) is 5.75 Å². The first-order valence-corrected chi connectivity index (χ1v) is 7.32. The first-order chi connectivity index (χ1) is 10.6. The zero-order valence-electron chi connectivity index (χ0n) is 13.9. The van der Waals surface area contributed by atoms with Gasteiger partial charge in [-0.05, 0) is 45.3 Å². The van der Waals surface area contributed by atoms with Crippen molar-refractivity contribution >= 4 is 13.2 Å². The van der Waals surface area contributed by atoms with Crippen molar-refractivity contribution in [1.29, 1.82) is 0 Å². The van der Waals surface area contributed by atoms with Crippen LogP contribution in [0.2, 0.25) is 0 Å². The van der Waals surface area contributed by atoms with Gasteiger partial charge in [-0.2, -0.15) is 4.39 Å². The summed E-state index contributed by atoms with van der Waals surface area (Å²) in [5, 5.41) is 9.58. The van der Waals surface area contributed by atoms with E-state index in [-0.39, 0.29) is 11.3 Å². The lowest BCUT2D eigenvalue weighted by Crippen LogP contribution is -2.41. The van der Waals surface area contributed by atoms with E-state index in [2.05, 4.69) is 0 Å². The van der Waals surface area contributed by atoms with Crippen LogP contribution in [0.1, 0.15) is 33.3 Å². The molecular weight excluding hydrogens is 305 g/mol. The van der Waals surface area contributed by atoms with E-state index in [0.29, 0.717) is 5.47 Å². The summed E-state index contributed by atoms with van der Waals surface area (Å²) in [6, 6.07) is 2.70. The van der Waals surface area contributed by atoms with Crippen LogP contribution in [-0.2, 0) is 9.31 Å². The summed E-state index contributed by atoms with van der Waals surface area (Å²) in [5.74, 6) is -2.31. The van der Waals surface area contributed by atoms with Crippen LogP contribution in [0.4, 0.5) is 8.78 Å². The molecule has 1 heterocycles. The number of ether oxygens (including phenoxy) is 1. The molecule has 7 heteroatoms. The zero-order valence-corrected chi connectivity index (χ0v) is 13.9. The molecule has 1 aromatic rings. The van der Waals surface area contributed by atoms with Crippen molar-refractivity contribution in [1.82, 2.24) is 0 Å². The lowest BCUT2D eigenvalue weighted by molar-refractivity contribution is 0.00578. The van der Waals surface area contributed by atoms with E-state index >= 15 is 0 Å². The quantitative estimate of drug-likeness (QED) is 0.864. The molecule has 2 rings (SSSR count).